The number of fused-ring (bicyclic) bond motifs is 1. The highest BCUT2D eigenvalue weighted by Crippen LogP contribution is 2.17. The van der Waals surface area contributed by atoms with Crippen LogP contribution in [0.15, 0.2) is 18.3 Å². The van der Waals surface area contributed by atoms with E-state index in [1.165, 1.54) is 11.5 Å². The molecule has 0 aliphatic carbocycles. The maximum absolute atomic E-state index is 5.37. The second-order valence-corrected chi connectivity index (χ2v) is 3.41. The Morgan fingerprint density at radius 3 is 3.23 bits per heavy atom. The van der Waals surface area contributed by atoms with Crippen molar-refractivity contribution in [2.75, 3.05) is 18.4 Å². The number of pyridine rings is 1. The second-order valence-electron chi connectivity index (χ2n) is 2.63. The highest BCUT2D eigenvalue weighted by molar-refractivity contribution is 7.12. The Morgan fingerprint density at radius 1 is 1.46 bits per heavy atom. The monoisotopic (exact) mass is 194 g/mol. The van der Waals surface area contributed by atoms with Crippen LogP contribution in [0.2, 0.25) is 0 Å². The van der Waals surface area contributed by atoms with E-state index in [0.717, 1.165) is 22.6 Å². The van der Waals surface area contributed by atoms with E-state index in [9.17, 15) is 0 Å². The second kappa shape index (κ2) is 3.68. The van der Waals surface area contributed by atoms with Gasteiger partial charge in [0.2, 0.25) is 0 Å². The lowest BCUT2D eigenvalue weighted by Crippen LogP contribution is -2.13. The number of aromatic nitrogens is 2. The molecular formula is C8H10N4S. The molecule has 0 radical (unpaired) electrons. The summed E-state index contributed by atoms with van der Waals surface area (Å²) in [6, 6.07) is 3.94. The fourth-order valence-corrected chi connectivity index (χ4v) is 1.69. The van der Waals surface area contributed by atoms with Crippen LogP contribution < -0.4 is 11.1 Å². The Hall–Kier alpha value is -1.20. The molecule has 0 bridgehead atoms. The van der Waals surface area contributed by atoms with Crippen molar-refractivity contribution in [3.63, 3.8) is 0 Å². The van der Waals surface area contributed by atoms with Gasteiger partial charge in [-0.2, -0.15) is 4.37 Å². The van der Waals surface area contributed by atoms with E-state index >= 15 is 0 Å². The number of nitrogens with zero attached hydrogens (tertiary/aromatic N) is 2. The summed E-state index contributed by atoms with van der Waals surface area (Å²) in [5.74, 6) is 0.863. The largest absolute Gasteiger partial charge is 0.369 e. The van der Waals surface area contributed by atoms with Crippen molar-refractivity contribution in [3.8, 4) is 0 Å². The predicted molar refractivity (Wildman–Crippen MR) is 55.0 cm³/mol. The van der Waals surface area contributed by atoms with Gasteiger partial charge in [-0.05, 0) is 23.7 Å². The van der Waals surface area contributed by atoms with Gasteiger partial charge in [-0.3, -0.25) is 0 Å². The molecule has 0 spiro atoms. The molecule has 0 saturated heterocycles. The van der Waals surface area contributed by atoms with E-state index in [2.05, 4.69) is 14.7 Å². The highest BCUT2D eigenvalue weighted by Gasteiger charge is 1.98. The molecule has 0 aliphatic rings. The Balaban J connectivity index is 2.26. The predicted octanol–water partition coefficient (Wildman–Crippen LogP) is 1.06. The highest BCUT2D eigenvalue weighted by atomic mass is 32.1. The summed E-state index contributed by atoms with van der Waals surface area (Å²) in [5.41, 5.74) is 5.37. The molecule has 68 valence electrons. The van der Waals surface area contributed by atoms with Crippen molar-refractivity contribution >= 4 is 27.6 Å². The molecule has 13 heavy (non-hydrogen) atoms. The Morgan fingerprint density at radius 2 is 2.38 bits per heavy atom. The number of nitrogens with one attached hydrogen (secondary N) is 1. The van der Waals surface area contributed by atoms with E-state index in [0.29, 0.717) is 6.54 Å². The average molecular weight is 194 g/mol. The van der Waals surface area contributed by atoms with Crippen LogP contribution in [0.3, 0.4) is 0 Å². The Kier molecular flexibility index (Phi) is 2.37. The summed E-state index contributed by atoms with van der Waals surface area (Å²) in [7, 11) is 0. The van der Waals surface area contributed by atoms with Crippen LogP contribution >= 0.6 is 11.5 Å². The minimum atomic E-state index is 0.613. The molecule has 0 unspecified atom stereocenters. The molecule has 2 rings (SSSR count). The van der Waals surface area contributed by atoms with Crippen LogP contribution in [-0.4, -0.2) is 22.4 Å². The first-order chi connectivity index (χ1) is 6.40. The smallest absolute Gasteiger partial charge is 0.145 e. The van der Waals surface area contributed by atoms with Gasteiger partial charge in [-0.25, -0.2) is 4.98 Å². The van der Waals surface area contributed by atoms with Crippen molar-refractivity contribution in [1.29, 1.82) is 0 Å². The SMILES string of the molecule is NCCNc1ccc2cnsc2n1. The minimum Gasteiger partial charge on any atom is -0.369 e. The van der Waals surface area contributed by atoms with E-state index < -0.39 is 0 Å². The summed E-state index contributed by atoms with van der Waals surface area (Å²) < 4.78 is 4.05. The van der Waals surface area contributed by atoms with Crippen LogP contribution in [0.4, 0.5) is 5.82 Å². The van der Waals surface area contributed by atoms with E-state index in [-0.39, 0.29) is 0 Å². The number of nitrogens with two attached hydrogens (primary N) is 1. The summed E-state index contributed by atoms with van der Waals surface area (Å²) in [6.45, 7) is 1.36. The number of rotatable bonds is 3. The van der Waals surface area contributed by atoms with Gasteiger partial charge >= 0.3 is 0 Å². The molecule has 2 aromatic rings. The minimum absolute atomic E-state index is 0.613. The first kappa shape index (κ1) is 8.40. The number of hydrogen-bond acceptors (Lipinski definition) is 5. The summed E-state index contributed by atoms with van der Waals surface area (Å²) in [6.07, 6.45) is 1.82. The first-order valence-corrected chi connectivity index (χ1v) is 4.83. The van der Waals surface area contributed by atoms with Crippen molar-refractivity contribution in [2.45, 2.75) is 0 Å². The molecule has 4 nitrogen and oxygen atoms in total. The van der Waals surface area contributed by atoms with Gasteiger partial charge in [0.25, 0.3) is 0 Å². The third-order valence-corrected chi connectivity index (χ3v) is 2.38. The summed E-state index contributed by atoms with van der Waals surface area (Å²) in [4.78, 5) is 5.32. The molecule has 0 amide bonds. The van der Waals surface area contributed by atoms with Crippen LogP contribution in [0.5, 0.6) is 0 Å². The van der Waals surface area contributed by atoms with Gasteiger partial charge < -0.3 is 11.1 Å². The molecule has 0 saturated carbocycles. The first-order valence-electron chi connectivity index (χ1n) is 4.05. The van der Waals surface area contributed by atoms with Crippen LogP contribution in [0.25, 0.3) is 10.2 Å². The maximum Gasteiger partial charge on any atom is 0.145 e. The van der Waals surface area contributed by atoms with Gasteiger partial charge in [0.1, 0.15) is 10.6 Å². The van der Waals surface area contributed by atoms with Crippen LogP contribution in [0.1, 0.15) is 0 Å². The number of hydrogen-bond donors (Lipinski definition) is 2. The quantitative estimate of drug-likeness (QED) is 0.767. The molecule has 5 heteroatoms. The third-order valence-electron chi connectivity index (χ3n) is 1.67. The van der Waals surface area contributed by atoms with Crippen molar-refractivity contribution < 1.29 is 0 Å². The summed E-state index contributed by atoms with van der Waals surface area (Å²) in [5, 5.41) is 4.21. The van der Waals surface area contributed by atoms with E-state index in [1.54, 1.807) is 0 Å². The standard InChI is InChI=1S/C8H10N4S/c9-3-4-10-7-2-1-6-5-11-13-8(6)12-7/h1-2,5H,3-4,9H2,(H,10,12). The lowest BCUT2D eigenvalue weighted by atomic mass is 10.3. The molecule has 0 aromatic carbocycles. The zero-order valence-corrected chi connectivity index (χ0v) is 7.84. The molecule has 3 N–H and O–H groups in total. The molecule has 2 heterocycles. The van der Waals surface area contributed by atoms with Gasteiger partial charge in [-0.15, -0.1) is 0 Å². The van der Waals surface area contributed by atoms with Gasteiger partial charge in [0.15, 0.2) is 0 Å². The molecule has 0 aliphatic heterocycles. The van der Waals surface area contributed by atoms with E-state index in [1.807, 2.05) is 18.3 Å². The van der Waals surface area contributed by atoms with Gasteiger partial charge in [-0.1, -0.05) is 0 Å². The molecule has 0 fully saturated rings. The lowest BCUT2D eigenvalue weighted by Gasteiger charge is -2.01. The third kappa shape index (κ3) is 1.76. The zero-order chi connectivity index (χ0) is 9.10. The van der Waals surface area contributed by atoms with Crippen molar-refractivity contribution in [3.05, 3.63) is 18.3 Å². The van der Waals surface area contributed by atoms with Crippen LogP contribution in [-0.2, 0) is 0 Å². The Bertz CT molecular complexity index is 398. The molecule has 2 aromatic heterocycles. The number of anilines is 1. The topological polar surface area (TPSA) is 63.8 Å². The molecule has 0 atom stereocenters. The Labute approximate surface area is 80.0 Å². The fourth-order valence-electron chi connectivity index (χ4n) is 1.05. The van der Waals surface area contributed by atoms with Crippen LogP contribution in [0, 0.1) is 0 Å². The van der Waals surface area contributed by atoms with Crippen molar-refractivity contribution in [1.82, 2.24) is 9.36 Å². The molecular weight excluding hydrogens is 184 g/mol. The maximum atomic E-state index is 5.37. The average Bonchev–Trinajstić information content (AvgIpc) is 2.61. The summed E-state index contributed by atoms with van der Waals surface area (Å²) >= 11 is 1.40. The van der Waals surface area contributed by atoms with Gasteiger partial charge in [0.05, 0.1) is 6.20 Å². The normalized spacial score (nSPS) is 10.5. The van der Waals surface area contributed by atoms with E-state index in [4.69, 9.17) is 5.73 Å². The lowest BCUT2D eigenvalue weighted by molar-refractivity contribution is 1.02. The van der Waals surface area contributed by atoms with Gasteiger partial charge in [0, 0.05) is 18.5 Å². The van der Waals surface area contributed by atoms with Crippen molar-refractivity contribution in [2.24, 2.45) is 5.73 Å². The fraction of sp³-hybridized carbons (Fsp3) is 0.250. The zero-order valence-electron chi connectivity index (χ0n) is 7.03.